The summed E-state index contributed by atoms with van der Waals surface area (Å²) in [6, 6.07) is 25.4. The lowest BCUT2D eigenvalue weighted by Gasteiger charge is -2.05. The number of amides is 2. The van der Waals surface area contributed by atoms with E-state index in [4.69, 9.17) is 23.2 Å². The molecule has 4 aromatic rings. The van der Waals surface area contributed by atoms with Gasteiger partial charge in [0, 0.05) is 29.7 Å². The highest BCUT2D eigenvalue weighted by molar-refractivity contribution is 9.10. The molecule has 0 atom stereocenters. The molecule has 214 valence electrons. The van der Waals surface area contributed by atoms with Crippen LogP contribution in [0, 0.1) is 0 Å². The van der Waals surface area contributed by atoms with Crippen LogP contribution in [-0.4, -0.2) is 21.8 Å². The number of benzene rings is 2. The minimum Gasteiger partial charge on any atom is -0.311 e. The Morgan fingerprint density at radius 1 is 0.634 bits per heavy atom. The van der Waals surface area contributed by atoms with E-state index >= 15 is 0 Å². The van der Waals surface area contributed by atoms with Gasteiger partial charge in [0.1, 0.15) is 11.6 Å². The van der Waals surface area contributed by atoms with Crippen molar-refractivity contribution in [1.82, 2.24) is 9.97 Å². The van der Waals surface area contributed by atoms with Crippen molar-refractivity contribution in [2.45, 2.75) is 51.4 Å². The first-order valence-electron chi connectivity index (χ1n) is 13.5. The number of hydrogen-bond donors (Lipinski definition) is 2. The van der Waals surface area contributed by atoms with E-state index in [9.17, 15) is 9.59 Å². The number of rotatable bonds is 12. The Balaban J connectivity index is 0.000000226. The largest absolute Gasteiger partial charge is 0.311 e. The maximum absolute atomic E-state index is 11.8. The molecule has 0 saturated heterocycles. The van der Waals surface area contributed by atoms with Crippen LogP contribution in [0.2, 0.25) is 10.0 Å². The first kappa shape index (κ1) is 32.3. The summed E-state index contributed by atoms with van der Waals surface area (Å²) in [6.45, 7) is 0. The SMILES string of the molecule is O=C(CCCCc1cccc(Br)c1)Nc1ccc(Cl)cn1.O=C(CCCCc1ccccc1)Nc1ccc(Cl)cn1. The van der Waals surface area contributed by atoms with Crippen molar-refractivity contribution < 1.29 is 9.59 Å². The van der Waals surface area contributed by atoms with Gasteiger partial charge in [-0.1, -0.05) is 81.6 Å². The summed E-state index contributed by atoms with van der Waals surface area (Å²) in [7, 11) is 0. The third-order valence-corrected chi connectivity index (χ3v) is 6.90. The Bertz CT molecular complexity index is 1350. The molecule has 9 heteroatoms. The molecule has 0 saturated carbocycles. The molecule has 2 N–H and O–H groups in total. The Morgan fingerprint density at radius 2 is 1.15 bits per heavy atom. The van der Waals surface area contributed by atoms with Gasteiger partial charge in [0.2, 0.25) is 11.8 Å². The molecule has 2 aromatic carbocycles. The number of carbonyl (C=O) groups is 2. The van der Waals surface area contributed by atoms with E-state index in [0.717, 1.165) is 43.0 Å². The van der Waals surface area contributed by atoms with Crippen molar-refractivity contribution in [3.8, 4) is 0 Å². The van der Waals surface area contributed by atoms with E-state index in [0.29, 0.717) is 34.5 Å². The molecule has 2 heterocycles. The summed E-state index contributed by atoms with van der Waals surface area (Å²) in [4.78, 5) is 31.6. The second-order valence-electron chi connectivity index (χ2n) is 9.35. The first-order chi connectivity index (χ1) is 19.9. The summed E-state index contributed by atoms with van der Waals surface area (Å²) >= 11 is 14.9. The lowest BCUT2D eigenvalue weighted by molar-refractivity contribution is -0.117. The molecule has 4 rings (SSSR count). The Kier molecular flexibility index (Phi) is 14.3. The predicted molar refractivity (Wildman–Crippen MR) is 171 cm³/mol. The first-order valence-corrected chi connectivity index (χ1v) is 15.0. The van der Waals surface area contributed by atoms with Crippen LogP contribution in [0.25, 0.3) is 0 Å². The van der Waals surface area contributed by atoms with Gasteiger partial charge in [-0.3, -0.25) is 9.59 Å². The lowest BCUT2D eigenvalue weighted by atomic mass is 10.1. The van der Waals surface area contributed by atoms with Crippen LogP contribution >= 0.6 is 39.1 Å². The van der Waals surface area contributed by atoms with Crippen LogP contribution < -0.4 is 10.6 Å². The van der Waals surface area contributed by atoms with Gasteiger partial charge in [0.15, 0.2) is 0 Å². The molecule has 0 aliphatic carbocycles. The van der Waals surface area contributed by atoms with E-state index in [-0.39, 0.29) is 11.8 Å². The Labute approximate surface area is 260 Å². The van der Waals surface area contributed by atoms with E-state index in [1.807, 2.05) is 30.3 Å². The molecule has 2 aromatic heterocycles. The molecule has 0 aliphatic heterocycles. The summed E-state index contributed by atoms with van der Waals surface area (Å²) < 4.78 is 1.09. The van der Waals surface area contributed by atoms with Gasteiger partial charge >= 0.3 is 0 Å². The van der Waals surface area contributed by atoms with E-state index in [2.05, 4.69) is 60.8 Å². The van der Waals surface area contributed by atoms with Crippen LogP contribution in [0.5, 0.6) is 0 Å². The van der Waals surface area contributed by atoms with Crippen LogP contribution in [0.3, 0.4) is 0 Å². The Hall–Kier alpha value is -3.26. The summed E-state index contributed by atoms with van der Waals surface area (Å²) in [5.41, 5.74) is 2.59. The van der Waals surface area contributed by atoms with Crippen molar-refractivity contribution in [3.05, 3.63) is 117 Å². The van der Waals surface area contributed by atoms with Crippen LogP contribution in [0.4, 0.5) is 11.6 Å². The fourth-order valence-electron chi connectivity index (χ4n) is 3.88. The number of nitrogens with one attached hydrogen (secondary N) is 2. The highest BCUT2D eigenvalue weighted by Gasteiger charge is 2.05. The second kappa shape index (κ2) is 18.2. The van der Waals surface area contributed by atoms with E-state index in [1.165, 1.54) is 23.5 Å². The molecule has 0 unspecified atom stereocenters. The number of carbonyl (C=O) groups excluding carboxylic acids is 2. The topological polar surface area (TPSA) is 84.0 Å². The summed E-state index contributed by atoms with van der Waals surface area (Å²) in [6.07, 6.45) is 9.75. The van der Waals surface area contributed by atoms with Gasteiger partial charge < -0.3 is 10.6 Å². The standard InChI is InChI=1S/C16H16BrClN2O.C16H17ClN2O/c17-13-6-3-5-12(10-13)4-1-2-7-16(21)20-15-9-8-14(18)11-19-15;17-14-10-11-15(18-12-14)19-16(20)9-5-4-8-13-6-2-1-3-7-13/h3,5-6,8-11H,1-2,4,7H2,(H,19,20,21);1-3,6-7,10-12H,4-5,8-9H2,(H,18,19,20). The van der Waals surface area contributed by atoms with Gasteiger partial charge in [0.05, 0.1) is 10.0 Å². The minimum absolute atomic E-state index is 0.00659. The fourth-order valence-corrected chi connectivity index (χ4v) is 4.55. The fraction of sp³-hybridized carbons (Fsp3) is 0.250. The molecular formula is C32H33BrCl2N4O2. The number of hydrogen-bond acceptors (Lipinski definition) is 4. The molecule has 0 bridgehead atoms. The van der Waals surface area contributed by atoms with Crippen LogP contribution in [0.15, 0.2) is 95.7 Å². The number of aromatic nitrogens is 2. The normalized spacial score (nSPS) is 10.3. The van der Waals surface area contributed by atoms with Gasteiger partial charge in [-0.15, -0.1) is 0 Å². The minimum atomic E-state index is -0.0148. The third-order valence-electron chi connectivity index (χ3n) is 5.96. The van der Waals surface area contributed by atoms with Crippen LogP contribution in [-0.2, 0) is 22.4 Å². The average molecular weight is 656 g/mol. The quantitative estimate of drug-likeness (QED) is 0.149. The van der Waals surface area contributed by atoms with Gasteiger partial charge in [0.25, 0.3) is 0 Å². The van der Waals surface area contributed by atoms with E-state index in [1.54, 1.807) is 24.3 Å². The zero-order valence-corrected chi connectivity index (χ0v) is 25.8. The van der Waals surface area contributed by atoms with Crippen molar-refractivity contribution in [2.75, 3.05) is 10.6 Å². The number of anilines is 2. The van der Waals surface area contributed by atoms with Gasteiger partial charge in [-0.2, -0.15) is 0 Å². The van der Waals surface area contributed by atoms with Crippen molar-refractivity contribution in [3.63, 3.8) is 0 Å². The van der Waals surface area contributed by atoms with Gasteiger partial charge in [-0.25, -0.2) is 9.97 Å². The molecule has 2 amide bonds. The highest BCUT2D eigenvalue weighted by atomic mass is 79.9. The molecule has 0 fully saturated rings. The smallest absolute Gasteiger partial charge is 0.225 e. The maximum Gasteiger partial charge on any atom is 0.225 e. The zero-order valence-electron chi connectivity index (χ0n) is 22.7. The number of pyridine rings is 2. The summed E-state index contributed by atoms with van der Waals surface area (Å²) in [5, 5.41) is 6.64. The monoisotopic (exact) mass is 654 g/mol. The maximum atomic E-state index is 11.8. The predicted octanol–water partition coefficient (Wildman–Crippen LogP) is 8.94. The molecule has 6 nitrogen and oxygen atoms in total. The molecule has 41 heavy (non-hydrogen) atoms. The lowest BCUT2D eigenvalue weighted by Crippen LogP contribution is -2.12. The summed E-state index contributed by atoms with van der Waals surface area (Å²) in [5.74, 6) is 1.06. The van der Waals surface area contributed by atoms with Crippen molar-refractivity contribution >= 4 is 62.6 Å². The Morgan fingerprint density at radius 3 is 1.63 bits per heavy atom. The molecular weight excluding hydrogens is 623 g/mol. The number of halogens is 3. The van der Waals surface area contributed by atoms with Crippen molar-refractivity contribution in [1.29, 1.82) is 0 Å². The highest BCUT2D eigenvalue weighted by Crippen LogP contribution is 2.15. The average Bonchev–Trinajstić information content (AvgIpc) is 2.97. The third kappa shape index (κ3) is 13.8. The number of unbranched alkanes of at least 4 members (excludes halogenated alkanes) is 2. The number of nitrogens with zero attached hydrogens (tertiary/aromatic N) is 2. The molecule has 0 spiro atoms. The van der Waals surface area contributed by atoms with Crippen molar-refractivity contribution in [2.24, 2.45) is 0 Å². The zero-order chi connectivity index (χ0) is 29.3. The second-order valence-corrected chi connectivity index (χ2v) is 11.1. The van der Waals surface area contributed by atoms with Crippen LogP contribution in [0.1, 0.15) is 49.7 Å². The molecule has 0 aliphatic rings. The number of aryl methyl sites for hydroxylation is 2. The molecule has 0 radical (unpaired) electrons. The van der Waals surface area contributed by atoms with Gasteiger partial charge in [-0.05, 0) is 86.1 Å². The van der Waals surface area contributed by atoms with E-state index < -0.39 is 0 Å².